The monoisotopic (exact) mass is 475 g/mol. The number of ether oxygens (including phenoxy) is 1. The minimum Gasteiger partial charge on any atom is -0.496 e. The molecular weight excluding hydrogens is 446 g/mol. The number of benzene rings is 3. The van der Waals surface area contributed by atoms with Crippen molar-refractivity contribution in [1.29, 1.82) is 0 Å². The number of methoxy groups -OCH3 is 1. The van der Waals surface area contributed by atoms with Crippen LogP contribution in [-0.2, 0) is 17.1 Å². The Kier molecular flexibility index (Phi) is 7.43. The summed E-state index contributed by atoms with van der Waals surface area (Å²) in [5.74, 6) is 1.93. The number of nitrogens with one attached hydrogen (secondary N) is 3. The maximum absolute atomic E-state index is 12.7. The SMILES string of the molecule is COc1ccccc1CNC(=O)c1ccc2c(c1)NC(=O)C(CSCc1cc(C)ccc1C)N2. The summed E-state index contributed by atoms with van der Waals surface area (Å²) in [5.41, 5.74) is 6.62. The van der Waals surface area contributed by atoms with E-state index in [9.17, 15) is 9.59 Å². The quantitative estimate of drug-likeness (QED) is 0.432. The average molecular weight is 476 g/mol. The molecule has 0 spiro atoms. The number of carbonyl (C=O) groups excluding carboxylic acids is 2. The number of rotatable bonds is 8. The van der Waals surface area contributed by atoms with E-state index >= 15 is 0 Å². The topological polar surface area (TPSA) is 79.5 Å². The van der Waals surface area contributed by atoms with Crippen molar-refractivity contribution in [1.82, 2.24) is 5.32 Å². The zero-order valence-corrected chi connectivity index (χ0v) is 20.4. The predicted octanol–water partition coefficient (Wildman–Crippen LogP) is 4.91. The molecule has 0 aliphatic carbocycles. The largest absolute Gasteiger partial charge is 0.496 e. The van der Waals surface area contributed by atoms with Crippen LogP contribution in [0.4, 0.5) is 11.4 Å². The molecule has 0 fully saturated rings. The normalized spacial score (nSPS) is 14.6. The zero-order chi connectivity index (χ0) is 24.1. The highest BCUT2D eigenvalue weighted by molar-refractivity contribution is 7.98. The summed E-state index contributed by atoms with van der Waals surface area (Å²) >= 11 is 1.73. The highest BCUT2D eigenvalue weighted by Crippen LogP contribution is 2.29. The van der Waals surface area contributed by atoms with Crippen molar-refractivity contribution in [3.63, 3.8) is 0 Å². The second kappa shape index (κ2) is 10.7. The highest BCUT2D eigenvalue weighted by atomic mass is 32.2. The van der Waals surface area contributed by atoms with Gasteiger partial charge in [0, 0.05) is 29.2 Å². The van der Waals surface area contributed by atoms with E-state index in [0.29, 0.717) is 23.5 Å². The lowest BCUT2D eigenvalue weighted by molar-refractivity contribution is -0.116. The van der Waals surface area contributed by atoms with Crippen LogP contribution in [0.1, 0.15) is 32.6 Å². The smallest absolute Gasteiger partial charge is 0.251 e. The molecular formula is C27H29N3O3S. The van der Waals surface area contributed by atoms with E-state index < -0.39 is 0 Å². The molecule has 1 heterocycles. The lowest BCUT2D eigenvalue weighted by atomic mass is 10.1. The van der Waals surface area contributed by atoms with Gasteiger partial charge in [-0.1, -0.05) is 42.0 Å². The summed E-state index contributed by atoms with van der Waals surface area (Å²) in [6, 6.07) is 19.0. The molecule has 1 unspecified atom stereocenters. The van der Waals surface area contributed by atoms with E-state index in [1.807, 2.05) is 30.3 Å². The molecule has 2 amide bonds. The number of anilines is 2. The summed E-state index contributed by atoms with van der Waals surface area (Å²) in [7, 11) is 1.61. The van der Waals surface area contributed by atoms with Gasteiger partial charge in [-0.3, -0.25) is 9.59 Å². The molecule has 1 aliphatic heterocycles. The zero-order valence-electron chi connectivity index (χ0n) is 19.6. The number of aryl methyl sites for hydroxylation is 2. The molecule has 7 heteroatoms. The number of hydrogen-bond acceptors (Lipinski definition) is 5. The maximum Gasteiger partial charge on any atom is 0.251 e. The van der Waals surface area contributed by atoms with Gasteiger partial charge in [0.25, 0.3) is 5.91 Å². The first-order valence-corrected chi connectivity index (χ1v) is 12.4. The number of para-hydroxylation sites is 1. The van der Waals surface area contributed by atoms with E-state index in [1.54, 1.807) is 31.0 Å². The molecule has 0 saturated heterocycles. The third-order valence-electron chi connectivity index (χ3n) is 5.86. The van der Waals surface area contributed by atoms with Crippen LogP contribution in [0.25, 0.3) is 0 Å². The van der Waals surface area contributed by atoms with Gasteiger partial charge in [-0.05, 0) is 49.2 Å². The number of amides is 2. The van der Waals surface area contributed by atoms with Gasteiger partial charge in [0.2, 0.25) is 5.91 Å². The van der Waals surface area contributed by atoms with Gasteiger partial charge in [0.05, 0.1) is 18.5 Å². The minimum atomic E-state index is -0.326. The highest BCUT2D eigenvalue weighted by Gasteiger charge is 2.26. The Bertz CT molecular complexity index is 1210. The summed E-state index contributed by atoms with van der Waals surface area (Å²) in [6.45, 7) is 4.55. The third kappa shape index (κ3) is 5.54. The Labute approximate surface area is 204 Å². The van der Waals surface area contributed by atoms with Crippen LogP contribution in [0.3, 0.4) is 0 Å². The first kappa shape index (κ1) is 23.7. The van der Waals surface area contributed by atoms with Crippen molar-refractivity contribution in [2.75, 3.05) is 23.5 Å². The first-order chi connectivity index (χ1) is 16.4. The number of hydrogen-bond donors (Lipinski definition) is 3. The molecule has 3 N–H and O–H groups in total. The van der Waals surface area contributed by atoms with Crippen molar-refractivity contribution >= 4 is 35.0 Å². The van der Waals surface area contributed by atoms with Gasteiger partial charge >= 0.3 is 0 Å². The molecule has 6 nitrogen and oxygen atoms in total. The Morgan fingerprint density at radius 1 is 1.03 bits per heavy atom. The van der Waals surface area contributed by atoms with E-state index in [1.165, 1.54) is 16.7 Å². The Morgan fingerprint density at radius 2 is 1.85 bits per heavy atom. The summed E-state index contributed by atoms with van der Waals surface area (Å²) in [4.78, 5) is 25.4. The molecule has 4 rings (SSSR count). The maximum atomic E-state index is 12.7. The lowest BCUT2D eigenvalue weighted by Crippen LogP contribution is -2.40. The standard InChI is InChI=1S/C27H29N3O3S/c1-17-8-9-18(2)21(12-17)15-34-16-24-27(32)30-23-13-19(10-11-22(23)29-24)26(31)28-14-20-6-4-5-7-25(20)33-3/h4-13,24,29H,14-16H2,1-3H3,(H,28,31)(H,30,32). The summed E-state index contributed by atoms with van der Waals surface area (Å²) in [5, 5.41) is 9.18. The first-order valence-electron chi connectivity index (χ1n) is 11.2. The predicted molar refractivity (Wildman–Crippen MR) is 139 cm³/mol. The van der Waals surface area contributed by atoms with Gasteiger partial charge in [-0.15, -0.1) is 0 Å². The fraction of sp³-hybridized carbons (Fsp3) is 0.259. The van der Waals surface area contributed by atoms with E-state index in [2.05, 4.69) is 48.0 Å². The Morgan fingerprint density at radius 3 is 2.68 bits per heavy atom. The molecule has 0 aromatic heterocycles. The average Bonchev–Trinajstić information content (AvgIpc) is 2.84. The molecule has 176 valence electrons. The molecule has 1 aliphatic rings. The van der Waals surface area contributed by atoms with Crippen molar-refractivity contribution in [2.24, 2.45) is 0 Å². The van der Waals surface area contributed by atoms with Crippen LogP contribution in [0, 0.1) is 13.8 Å². The van der Waals surface area contributed by atoms with Crippen LogP contribution < -0.4 is 20.7 Å². The lowest BCUT2D eigenvalue weighted by Gasteiger charge is -2.27. The number of thioether (sulfide) groups is 1. The van der Waals surface area contributed by atoms with Gasteiger partial charge < -0.3 is 20.7 Å². The Balaban J connectivity index is 1.35. The summed E-state index contributed by atoms with van der Waals surface area (Å²) in [6.07, 6.45) is 0. The van der Waals surface area contributed by atoms with Crippen LogP contribution in [0.15, 0.2) is 60.7 Å². The van der Waals surface area contributed by atoms with Crippen molar-refractivity contribution in [2.45, 2.75) is 32.2 Å². The van der Waals surface area contributed by atoms with Crippen molar-refractivity contribution < 1.29 is 14.3 Å². The van der Waals surface area contributed by atoms with Crippen molar-refractivity contribution in [3.8, 4) is 5.75 Å². The molecule has 0 saturated carbocycles. The second-order valence-electron chi connectivity index (χ2n) is 8.39. The van der Waals surface area contributed by atoms with E-state index in [0.717, 1.165) is 22.8 Å². The van der Waals surface area contributed by atoms with Crippen LogP contribution >= 0.6 is 11.8 Å². The number of carbonyl (C=O) groups is 2. The molecule has 1 atom stereocenters. The van der Waals surface area contributed by atoms with Crippen molar-refractivity contribution in [3.05, 3.63) is 88.5 Å². The van der Waals surface area contributed by atoms with E-state index in [4.69, 9.17) is 4.74 Å². The van der Waals surface area contributed by atoms with Crippen LogP contribution in [0.5, 0.6) is 5.75 Å². The van der Waals surface area contributed by atoms with Gasteiger partial charge in [0.15, 0.2) is 0 Å². The minimum absolute atomic E-state index is 0.0902. The molecule has 0 bridgehead atoms. The van der Waals surface area contributed by atoms with Gasteiger partial charge in [-0.25, -0.2) is 0 Å². The number of fused-ring (bicyclic) bond motifs is 1. The molecule has 0 radical (unpaired) electrons. The summed E-state index contributed by atoms with van der Waals surface area (Å²) < 4.78 is 5.33. The van der Waals surface area contributed by atoms with Crippen LogP contribution in [0.2, 0.25) is 0 Å². The fourth-order valence-electron chi connectivity index (χ4n) is 3.87. The Hall–Kier alpha value is -3.45. The fourth-order valence-corrected chi connectivity index (χ4v) is 4.99. The van der Waals surface area contributed by atoms with Gasteiger partial charge in [0.1, 0.15) is 11.8 Å². The van der Waals surface area contributed by atoms with Gasteiger partial charge in [-0.2, -0.15) is 11.8 Å². The molecule has 34 heavy (non-hydrogen) atoms. The third-order valence-corrected chi connectivity index (χ3v) is 6.95. The molecule has 3 aromatic carbocycles. The second-order valence-corrected chi connectivity index (χ2v) is 9.42. The van der Waals surface area contributed by atoms with E-state index in [-0.39, 0.29) is 17.9 Å². The molecule has 3 aromatic rings. The van der Waals surface area contributed by atoms with Crippen LogP contribution in [-0.4, -0.2) is 30.7 Å².